The Morgan fingerprint density at radius 1 is 1.33 bits per heavy atom. The van der Waals surface area contributed by atoms with Gasteiger partial charge in [-0.25, -0.2) is 4.98 Å². The van der Waals surface area contributed by atoms with Crippen molar-refractivity contribution in [3.8, 4) is 0 Å². The van der Waals surface area contributed by atoms with Gasteiger partial charge in [0.05, 0.1) is 12.1 Å². The number of ketones is 1. The van der Waals surface area contributed by atoms with Crippen LogP contribution in [-0.2, 0) is 11.2 Å². The smallest absolute Gasteiger partial charge is 0.276 e. The summed E-state index contributed by atoms with van der Waals surface area (Å²) in [5.41, 5.74) is 7.29. The third-order valence-corrected chi connectivity index (χ3v) is 5.02. The third-order valence-electron chi connectivity index (χ3n) is 5.02. The van der Waals surface area contributed by atoms with Gasteiger partial charge in [-0.2, -0.15) is 0 Å². The van der Waals surface area contributed by atoms with Crippen LogP contribution in [0.3, 0.4) is 0 Å². The van der Waals surface area contributed by atoms with E-state index in [9.17, 15) is 9.59 Å². The zero-order valence-corrected chi connectivity index (χ0v) is 16.0. The minimum absolute atomic E-state index is 0.130. The number of hydrogen-bond acceptors (Lipinski definition) is 5. The number of rotatable bonds is 7. The van der Waals surface area contributed by atoms with Crippen LogP contribution in [0.25, 0.3) is 0 Å². The van der Waals surface area contributed by atoms with Gasteiger partial charge in [-0.1, -0.05) is 30.3 Å². The summed E-state index contributed by atoms with van der Waals surface area (Å²) in [4.78, 5) is 31.6. The predicted octanol–water partition coefficient (Wildman–Crippen LogP) is 3.20. The number of carbonyl (C=O) groups is 2. The number of aromatic nitrogens is 1. The first-order valence-corrected chi connectivity index (χ1v) is 9.58. The van der Waals surface area contributed by atoms with E-state index in [4.69, 9.17) is 10.2 Å². The SMILES string of the molecule is Cc1oc(C(C)N)nc1C(=O)N1CCCC1C(=O)CCCc1ccccc1. The molecule has 6 heteroatoms. The van der Waals surface area contributed by atoms with Crippen molar-refractivity contribution in [1.29, 1.82) is 0 Å². The zero-order chi connectivity index (χ0) is 19.4. The second-order valence-electron chi connectivity index (χ2n) is 7.21. The molecule has 2 unspecified atom stereocenters. The maximum absolute atomic E-state index is 12.9. The number of likely N-dealkylation sites (tertiary alicyclic amines) is 1. The van der Waals surface area contributed by atoms with Gasteiger partial charge in [0.2, 0.25) is 5.89 Å². The van der Waals surface area contributed by atoms with E-state index in [1.807, 2.05) is 18.2 Å². The fourth-order valence-corrected chi connectivity index (χ4v) is 3.57. The van der Waals surface area contributed by atoms with Crippen LogP contribution in [0.1, 0.15) is 66.4 Å². The molecule has 0 aliphatic carbocycles. The summed E-state index contributed by atoms with van der Waals surface area (Å²) < 4.78 is 5.50. The molecule has 27 heavy (non-hydrogen) atoms. The van der Waals surface area contributed by atoms with E-state index in [1.54, 1.807) is 18.7 Å². The standard InChI is InChI=1S/C21H27N3O3/c1-14(22)20-23-19(15(2)27-20)21(26)24-13-7-11-17(24)18(25)12-6-10-16-8-4-3-5-9-16/h3-5,8-9,14,17H,6-7,10-13,22H2,1-2H3. The van der Waals surface area contributed by atoms with Crippen LogP contribution in [-0.4, -0.2) is 34.2 Å². The molecule has 1 fully saturated rings. The lowest BCUT2D eigenvalue weighted by atomic mass is 10.0. The summed E-state index contributed by atoms with van der Waals surface area (Å²) in [6.07, 6.45) is 3.68. The first-order chi connectivity index (χ1) is 13.0. The Bertz CT molecular complexity index is 798. The molecule has 1 aliphatic heterocycles. The van der Waals surface area contributed by atoms with Crippen LogP contribution in [0, 0.1) is 6.92 Å². The predicted molar refractivity (Wildman–Crippen MR) is 102 cm³/mol. The Labute approximate surface area is 159 Å². The van der Waals surface area contributed by atoms with Gasteiger partial charge in [0.15, 0.2) is 11.5 Å². The van der Waals surface area contributed by atoms with Crippen molar-refractivity contribution in [1.82, 2.24) is 9.88 Å². The van der Waals surface area contributed by atoms with E-state index < -0.39 is 0 Å². The third kappa shape index (κ3) is 4.45. The number of carbonyl (C=O) groups excluding carboxylic acids is 2. The van der Waals surface area contributed by atoms with Crippen LogP contribution in [0.15, 0.2) is 34.7 Å². The molecule has 0 radical (unpaired) electrons. The van der Waals surface area contributed by atoms with Gasteiger partial charge in [-0.05, 0) is 45.1 Å². The Hall–Kier alpha value is -2.47. The van der Waals surface area contributed by atoms with Crippen molar-refractivity contribution in [3.05, 3.63) is 53.2 Å². The molecule has 2 heterocycles. The minimum Gasteiger partial charge on any atom is -0.443 e. The second-order valence-corrected chi connectivity index (χ2v) is 7.21. The molecular weight excluding hydrogens is 342 g/mol. The first-order valence-electron chi connectivity index (χ1n) is 9.58. The largest absolute Gasteiger partial charge is 0.443 e. The van der Waals surface area contributed by atoms with Crippen molar-refractivity contribution in [2.24, 2.45) is 5.73 Å². The van der Waals surface area contributed by atoms with Gasteiger partial charge in [-0.15, -0.1) is 0 Å². The number of oxazole rings is 1. The highest BCUT2D eigenvalue weighted by atomic mass is 16.4. The van der Waals surface area contributed by atoms with E-state index in [0.717, 1.165) is 19.3 Å². The van der Waals surface area contributed by atoms with E-state index in [1.165, 1.54) is 5.56 Å². The summed E-state index contributed by atoms with van der Waals surface area (Å²) in [7, 11) is 0. The molecule has 2 aromatic rings. The molecule has 0 saturated carbocycles. The van der Waals surface area contributed by atoms with Crippen molar-refractivity contribution in [2.75, 3.05) is 6.54 Å². The van der Waals surface area contributed by atoms with E-state index in [0.29, 0.717) is 31.0 Å². The van der Waals surface area contributed by atoms with Gasteiger partial charge in [0.25, 0.3) is 5.91 Å². The zero-order valence-electron chi connectivity index (χ0n) is 16.0. The number of hydrogen-bond donors (Lipinski definition) is 1. The molecule has 6 nitrogen and oxygen atoms in total. The topological polar surface area (TPSA) is 89.4 Å². The highest BCUT2D eigenvalue weighted by Gasteiger charge is 2.36. The first kappa shape index (κ1) is 19.3. The number of nitrogens with zero attached hydrogens (tertiary/aromatic N) is 2. The van der Waals surface area contributed by atoms with Gasteiger partial charge in [0, 0.05) is 13.0 Å². The molecule has 2 atom stereocenters. The molecule has 2 N–H and O–H groups in total. The van der Waals surface area contributed by atoms with Crippen LogP contribution in [0.2, 0.25) is 0 Å². The van der Waals surface area contributed by atoms with E-state index >= 15 is 0 Å². The van der Waals surface area contributed by atoms with Crippen molar-refractivity contribution >= 4 is 11.7 Å². The molecule has 0 bridgehead atoms. The summed E-state index contributed by atoms with van der Waals surface area (Å²) in [6.45, 7) is 4.04. The molecule has 1 amide bonds. The van der Waals surface area contributed by atoms with Gasteiger partial charge in [-0.3, -0.25) is 9.59 Å². The number of nitrogens with two attached hydrogens (primary N) is 1. The molecule has 1 aromatic carbocycles. The van der Waals surface area contributed by atoms with Gasteiger partial charge < -0.3 is 15.1 Å². The van der Waals surface area contributed by atoms with Crippen molar-refractivity contribution in [2.45, 2.75) is 58.0 Å². The number of Topliss-reactive ketones (excluding diaryl/α,β-unsaturated/α-hetero) is 1. The quantitative estimate of drug-likeness (QED) is 0.809. The molecular formula is C21H27N3O3. The fraction of sp³-hybridized carbons (Fsp3) is 0.476. The molecule has 1 aliphatic rings. The number of benzene rings is 1. The monoisotopic (exact) mass is 369 g/mol. The summed E-state index contributed by atoms with van der Waals surface area (Å²) >= 11 is 0. The molecule has 1 saturated heterocycles. The molecule has 0 spiro atoms. The lowest BCUT2D eigenvalue weighted by molar-refractivity contribution is -0.122. The average Bonchev–Trinajstić information content (AvgIpc) is 3.29. The van der Waals surface area contributed by atoms with Crippen molar-refractivity contribution < 1.29 is 14.0 Å². The van der Waals surface area contributed by atoms with Gasteiger partial charge in [0.1, 0.15) is 5.76 Å². The van der Waals surface area contributed by atoms with Crippen LogP contribution >= 0.6 is 0 Å². The lowest BCUT2D eigenvalue weighted by Crippen LogP contribution is -2.41. The highest BCUT2D eigenvalue weighted by molar-refractivity contribution is 5.97. The Balaban J connectivity index is 1.62. The van der Waals surface area contributed by atoms with Crippen LogP contribution in [0.5, 0.6) is 0 Å². The average molecular weight is 369 g/mol. The Kier molecular flexibility index (Phi) is 6.06. The van der Waals surface area contributed by atoms with E-state index in [-0.39, 0.29) is 29.5 Å². The second kappa shape index (κ2) is 8.48. The minimum atomic E-state index is -0.376. The van der Waals surface area contributed by atoms with Crippen LogP contribution < -0.4 is 5.73 Å². The molecule has 3 rings (SSSR count). The van der Waals surface area contributed by atoms with Crippen LogP contribution in [0.4, 0.5) is 0 Å². The lowest BCUT2D eigenvalue weighted by Gasteiger charge is -2.23. The Morgan fingerprint density at radius 3 is 2.74 bits per heavy atom. The normalized spacial score (nSPS) is 17.9. The van der Waals surface area contributed by atoms with Gasteiger partial charge >= 0.3 is 0 Å². The summed E-state index contributed by atoms with van der Waals surface area (Å²) in [5.74, 6) is 0.697. The summed E-state index contributed by atoms with van der Waals surface area (Å²) in [6, 6.07) is 9.40. The fourth-order valence-electron chi connectivity index (χ4n) is 3.57. The molecule has 144 valence electrons. The van der Waals surface area contributed by atoms with Crippen molar-refractivity contribution in [3.63, 3.8) is 0 Å². The highest BCUT2D eigenvalue weighted by Crippen LogP contribution is 2.24. The number of aryl methyl sites for hydroxylation is 2. The maximum atomic E-state index is 12.9. The Morgan fingerprint density at radius 2 is 2.07 bits per heavy atom. The van der Waals surface area contributed by atoms with E-state index in [2.05, 4.69) is 17.1 Å². The number of amides is 1. The maximum Gasteiger partial charge on any atom is 0.276 e. The molecule has 1 aromatic heterocycles. The summed E-state index contributed by atoms with van der Waals surface area (Å²) in [5, 5.41) is 0.